The maximum Gasteiger partial charge on any atom is 0.244 e. The van der Waals surface area contributed by atoms with Gasteiger partial charge in [0.1, 0.15) is 0 Å². The van der Waals surface area contributed by atoms with Crippen LogP contribution in [-0.2, 0) is 17.8 Å². The third-order valence-corrected chi connectivity index (χ3v) is 6.74. The van der Waals surface area contributed by atoms with Crippen molar-refractivity contribution < 1.29 is 4.79 Å². The van der Waals surface area contributed by atoms with E-state index in [2.05, 4.69) is 52.0 Å². The predicted molar refractivity (Wildman–Crippen MR) is 128 cm³/mol. The monoisotopic (exact) mass is 424 g/mol. The largest absolute Gasteiger partial charge is 0.381 e. The normalized spacial score (nSPS) is 21.3. The summed E-state index contributed by atoms with van der Waals surface area (Å²) in [5, 5.41) is 15.5. The van der Waals surface area contributed by atoms with Crippen LogP contribution in [0.25, 0.3) is 12.2 Å². The molecule has 3 aliphatic rings. The van der Waals surface area contributed by atoms with Gasteiger partial charge in [-0.15, -0.1) is 0 Å². The van der Waals surface area contributed by atoms with Crippen LogP contribution in [0.15, 0.2) is 48.6 Å². The summed E-state index contributed by atoms with van der Waals surface area (Å²) in [4.78, 5) is 14.8. The van der Waals surface area contributed by atoms with Gasteiger partial charge in [0, 0.05) is 44.5 Å². The number of nitrogens with zero attached hydrogens (tertiary/aromatic N) is 2. The topological polar surface area (TPSA) is 68.2 Å². The van der Waals surface area contributed by atoms with Gasteiger partial charge in [0.05, 0.1) is 11.6 Å². The van der Waals surface area contributed by atoms with E-state index in [1.54, 1.807) is 6.08 Å². The van der Waals surface area contributed by atoms with E-state index in [-0.39, 0.29) is 5.91 Å². The minimum atomic E-state index is -0.0297. The average molecular weight is 425 g/mol. The molecule has 0 saturated heterocycles. The SMILES string of the molecule is N#Cc1ccc2c(c1)CN(C[C@H]1C[C@@H]1CNC(=O)/C=C/c1ccc3c(c1)C=CCN3)CC2. The Hall–Kier alpha value is -3.36. The minimum Gasteiger partial charge on any atom is -0.381 e. The summed E-state index contributed by atoms with van der Waals surface area (Å²) in [6, 6.07) is 14.5. The van der Waals surface area contributed by atoms with E-state index in [1.165, 1.54) is 17.5 Å². The summed E-state index contributed by atoms with van der Waals surface area (Å²) in [6.07, 6.45) is 9.95. The second-order valence-corrected chi connectivity index (χ2v) is 9.04. The summed E-state index contributed by atoms with van der Waals surface area (Å²) < 4.78 is 0. The van der Waals surface area contributed by atoms with Gasteiger partial charge in [-0.3, -0.25) is 9.69 Å². The second kappa shape index (κ2) is 9.02. The molecule has 2 aromatic carbocycles. The lowest BCUT2D eigenvalue weighted by Crippen LogP contribution is -2.33. The van der Waals surface area contributed by atoms with E-state index in [0.29, 0.717) is 11.8 Å². The number of rotatable bonds is 6. The van der Waals surface area contributed by atoms with Gasteiger partial charge in [-0.2, -0.15) is 5.26 Å². The summed E-state index contributed by atoms with van der Waals surface area (Å²) in [5.41, 5.74) is 6.73. The molecule has 5 nitrogen and oxygen atoms in total. The highest BCUT2D eigenvalue weighted by Gasteiger charge is 2.38. The molecule has 0 radical (unpaired) electrons. The standard InChI is InChI=1S/C27H28N4O/c28-15-20-3-6-21-9-11-31(17-24(21)13-20)18-25-14-23(25)16-30-27(32)8-5-19-4-7-26-22(12-19)2-1-10-29-26/h1-8,12-13,23,25,29H,9-11,14,16-18H2,(H,30,32)/b8-5+/t23-,25-/m1/s1. The van der Waals surface area contributed by atoms with Crippen molar-refractivity contribution in [2.24, 2.45) is 11.8 Å². The molecule has 2 N–H and O–H groups in total. The molecular formula is C27H28N4O. The highest BCUT2D eigenvalue weighted by molar-refractivity contribution is 5.92. The molecule has 5 rings (SSSR count). The van der Waals surface area contributed by atoms with E-state index in [1.807, 2.05) is 24.3 Å². The van der Waals surface area contributed by atoms with Crippen LogP contribution in [-0.4, -0.2) is 37.0 Å². The Labute approximate surface area is 189 Å². The fourth-order valence-electron chi connectivity index (χ4n) is 4.76. The molecule has 162 valence electrons. The van der Waals surface area contributed by atoms with Crippen LogP contribution in [0.4, 0.5) is 5.69 Å². The Kier molecular flexibility index (Phi) is 5.79. The van der Waals surface area contributed by atoms with Gasteiger partial charge in [-0.25, -0.2) is 0 Å². The van der Waals surface area contributed by atoms with Crippen LogP contribution in [0.2, 0.25) is 0 Å². The first-order chi connectivity index (χ1) is 15.7. The molecule has 2 heterocycles. The van der Waals surface area contributed by atoms with Crippen molar-refractivity contribution in [3.05, 3.63) is 76.4 Å². The van der Waals surface area contributed by atoms with Gasteiger partial charge in [0.2, 0.25) is 5.91 Å². The maximum absolute atomic E-state index is 12.3. The Morgan fingerprint density at radius 3 is 3.06 bits per heavy atom. The number of hydrogen-bond donors (Lipinski definition) is 2. The van der Waals surface area contributed by atoms with Gasteiger partial charge in [-0.1, -0.05) is 24.3 Å². The fraction of sp³-hybridized carbons (Fsp3) is 0.333. The lowest BCUT2D eigenvalue weighted by Gasteiger charge is -2.29. The molecule has 1 amide bonds. The smallest absolute Gasteiger partial charge is 0.244 e. The van der Waals surface area contributed by atoms with Gasteiger partial charge in [0.25, 0.3) is 0 Å². The molecule has 32 heavy (non-hydrogen) atoms. The third kappa shape index (κ3) is 4.76. The zero-order valence-corrected chi connectivity index (χ0v) is 18.2. The van der Waals surface area contributed by atoms with Gasteiger partial charge in [0.15, 0.2) is 0 Å². The first kappa shape index (κ1) is 20.5. The second-order valence-electron chi connectivity index (χ2n) is 9.04. The number of benzene rings is 2. The van der Waals surface area contributed by atoms with Crippen molar-refractivity contribution in [3.8, 4) is 6.07 Å². The zero-order chi connectivity index (χ0) is 21.9. The van der Waals surface area contributed by atoms with Crippen LogP contribution in [0.3, 0.4) is 0 Å². The van der Waals surface area contributed by atoms with Gasteiger partial charge >= 0.3 is 0 Å². The lowest BCUT2D eigenvalue weighted by molar-refractivity contribution is -0.116. The lowest BCUT2D eigenvalue weighted by atomic mass is 9.97. The molecule has 0 bridgehead atoms. The van der Waals surface area contributed by atoms with Crippen LogP contribution >= 0.6 is 0 Å². The molecule has 1 fully saturated rings. The van der Waals surface area contributed by atoms with Crippen LogP contribution in [0, 0.1) is 23.2 Å². The maximum atomic E-state index is 12.3. The summed E-state index contributed by atoms with van der Waals surface area (Å²) in [6.45, 7) is 4.67. The van der Waals surface area contributed by atoms with E-state index < -0.39 is 0 Å². The molecule has 2 aliphatic heterocycles. The number of amides is 1. The molecule has 0 aromatic heterocycles. The number of carbonyl (C=O) groups excluding carboxylic acids is 1. The minimum absolute atomic E-state index is 0.0297. The summed E-state index contributed by atoms with van der Waals surface area (Å²) in [7, 11) is 0. The number of anilines is 1. The summed E-state index contributed by atoms with van der Waals surface area (Å²) >= 11 is 0. The van der Waals surface area contributed by atoms with E-state index in [4.69, 9.17) is 5.26 Å². The summed E-state index contributed by atoms with van der Waals surface area (Å²) in [5.74, 6) is 1.19. The van der Waals surface area contributed by atoms with Gasteiger partial charge < -0.3 is 10.6 Å². The molecule has 1 aliphatic carbocycles. The zero-order valence-electron chi connectivity index (χ0n) is 18.2. The number of nitriles is 1. The highest BCUT2D eigenvalue weighted by Crippen LogP contribution is 2.39. The quantitative estimate of drug-likeness (QED) is 0.692. The molecule has 5 heteroatoms. The number of hydrogen-bond acceptors (Lipinski definition) is 4. The van der Waals surface area contributed by atoms with Crippen molar-refractivity contribution in [2.75, 3.05) is 31.5 Å². The molecular weight excluding hydrogens is 396 g/mol. The van der Waals surface area contributed by atoms with E-state index in [0.717, 1.165) is 61.5 Å². The van der Waals surface area contributed by atoms with Crippen molar-refractivity contribution >= 4 is 23.7 Å². The molecule has 2 aromatic rings. The van der Waals surface area contributed by atoms with Gasteiger partial charge in [-0.05, 0) is 77.3 Å². The predicted octanol–water partition coefficient (Wildman–Crippen LogP) is 3.82. The number of nitrogens with one attached hydrogen (secondary N) is 2. The van der Waals surface area contributed by atoms with Crippen molar-refractivity contribution in [1.82, 2.24) is 10.2 Å². The first-order valence-corrected chi connectivity index (χ1v) is 11.4. The number of fused-ring (bicyclic) bond motifs is 2. The van der Waals surface area contributed by atoms with Crippen LogP contribution in [0.1, 0.15) is 34.2 Å². The van der Waals surface area contributed by atoms with Crippen molar-refractivity contribution in [3.63, 3.8) is 0 Å². The fourth-order valence-corrected chi connectivity index (χ4v) is 4.76. The van der Waals surface area contributed by atoms with Crippen LogP contribution < -0.4 is 10.6 Å². The first-order valence-electron chi connectivity index (χ1n) is 11.4. The Bertz CT molecular complexity index is 1130. The Balaban J connectivity index is 1.07. The van der Waals surface area contributed by atoms with E-state index >= 15 is 0 Å². The van der Waals surface area contributed by atoms with E-state index in [9.17, 15) is 4.79 Å². The Morgan fingerprint density at radius 2 is 2.16 bits per heavy atom. The molecule has 0 unspecified atom stereocenters. The molecule has 1 saturated carbocycles. The Morgan fingerprint density at radius 1 is 1.22 bits per heavy atom. The highest BCUT2D eigenvalue weighted by atomic mass is 16.1. The third-order valence-electron chi connectivity index (χ3n) is 6.74. The molecule has 2 atom stereocenters. The van der Waals surface area contributed by atoms with Crippen molar-refractivity contribution in [1.29, 1.82) is 5.26 Å². The number of carbonyl (C=O) groups is 1. The van der Waals surface area contributed by atoms with Crippen molar-refractivity contribution in [2.45, 2.75) is 19.4 Å². The average Bonchev–Trinajstić information content (AvgIpc) is 3.58. The van der Waals surface area contributed by atoms with Crippen LogP contribution in [0.5, 0.6) is 0 Å². The molecule has 0 spiro atoms.